The van der Waals surface area contributed by atoms with E-state index in [-0.39, 0.29) is 29.9 Å². The summed E-state index contributed by atoms with van der Waals surface area (Å²) < 4.78 is 12.9. The van der Waals surface area contributed by atoms with Gasteiger partial charge in [-0.3, -0.25) is 4.79 Å². The summed E-state index contributed by atoms with van der Waals surface area (Å²) in [6, 6.07) is 1.09. The Hall–Kier alpha value is -2.18. The van der Waals surface area contributed by atoms with Gasteiger partial charge in [0.2, 0.25) is 5.91 Å². The van der Waals surface area contributed by atoms with Crippen molar-refractivity contribution < 1.29 is 19.1 Å². The molecular weight excluding hydrogens is 241 g/mol. The molecule has 0 spiro atoms. The molecule has 0 saturated heterocycles. The summed E-state index contributed by atoms with van der Waals surface area (Å²) in [5, 5.41) is 14.2. The molecule has 0 atom stereocenters. The first-order valence-electron chi connectivity index (χ1n) is 5.48. The minimum Gasteiger partial charge on any atom is -0.478 e. The van der Waals surface area contributed by atoms with Crippen LogP contribution in [0.4, 0.5) is 10.2 Å². The summed E-state index contributed by atoms with van der Waals surface area (Å²) in [4.78, 5) is 25.9. The Morgan fingerprint density at radius 2 is 2.22 bits per heavy atom. The zero-order valence-corrected chi connectivity index (χ0v) is 9.44. The number of carboxylic acids is 1. The van der Waals surface area contributed by atoms with E-state index >= 15 is 0 Å². The van der Waals surface area contributed by atoms with Crippen LogP contribution in [0.5, 0.6) is 0 Å². The normalized spacial score (nSPS) is 14.1. The second-order valence-corrected chi connectivity index (χ2v) is 4.05. The molecule has 2 rings (SSSR count). The second kappa shape index (κ2) is 4.99. The van der Waals surface area contributed by atoms with Gasteiger partial charge in [-0.05, 0) is 18.9 Å². The highest BCUT2D eigenvalue weighted by Gasteiger charge is 2.23. The summed E-state index contributed by atoms with van der Waals surface area (Å²) in [6.07, 6.45) is 2.84. The van der Waals surface area contributed by atoms with Crippen LogP contribution in [0.3, 0.4) is 0 Å². The SMILES string of the molecule is O=C(CNc1ncc(F)cc1C(=O)O)NC1CC1. The fourth-order valence-electron chi connectivity index (χ4n) is 1.41. The standard InChI is InChI=1S/C11H12FN3O3/c12-6-3-8(11(17)18)10(13-4-6)14-5-9(16)15-7-1-2-7/h3-4,7H,1-2,5H2,(H,13,14)(H,15,16)(H,17,18). The van der Waals surface area contributed by atoms with E-state index in [0.29, 0.717) is 0 Å². The molecule has 0 aliphatic heterocycles. The topological polar surface area (TPSA) is 91.3 Å². The predicted octanol–water partition coefficient (Wildman–Crippen LogP) is 0.609. The number of carboxylic acid groups (broad SMARTS) is 1. The van der Waals surface area contributed by atoms with Gasteiger partial charge in [-0.25, -0.2) is 14.2 Å². The van der Waals surface area contributed by atoms with Gasteiger partial charge >= 0.3 is 5.97 Å². The van der Waals surface area contributed by atoms with Crippen molar-refractivity contribution >= 4 is 17.7 Å². The van der Waals surface area contributed by atoms with Gasteiger partial charge < -0.3 is 15.7 Å². The number of nitrogens with one attached hydrogen (secondary N) is 2. The molecule has 7 heteroatoms. The van der Waals surface area contributed by atoms with Gasteiger partial charge in [-0.2, -0.15) is 0 Å². The molecule has 6 nitrogen and oxygen atoms in total. The number of hydrogen-bond donors (Lipinski definition) is 3. The van der Waals surface area contributed by atoms with Crippen molar-refractivity contribution in [2.45, 2.75) is 18.9 Å². The molecule has 3 N–H and O–H groups in total. The fraction of sp³-hybridized carbons (Fsp3) is 0.364. The van der Waals surface area contributed by atoms with E-state index in [0.717, 1.165) is 25.1 Å². The highest BCUT2D eigenvalue weighted by molar-refractivity contribution is 5.93. The summed E-state index contributed by atoms with van der Waals surface area (Å²) in [6.45, 7) is -0.0879. The van der Waals surface area contributed by atoms with Gasteiger partial charge in [-0.15, -0.1) is 0 Å². The molecule has 1 aromatic rings. The van der Waals surface area contributed by atoms with Crippen LogP contribution in [0.15, 0.2) is 12.3 Å². The molecule has 0 radical (unpaired) electrons. The van der Waals surface area contributed by atoms with Crippen LogP contribution < -0.4 is 10.6 Å². The maximum absolute atomic E-state index is 12.9. The van der Waals surface area contributed by atoms with E-state index in [1.807, 2.05) is 0 Å². The number of pyridine rings is 1. The minimum atomic E-state index is -1.30. The molecule has 0 aromatic carbocycles. The molecule has 1 fully saturated rings. The van der Waals surface area contributed by atoms with Crippen molar-refractivity contribution in [3.05, 3.63) is 23.6 Å². The molecule has 18 heavy (non-hydrogen) atoms. The Morgan fingerprint density at radius 3 is 2.83 bits per heavy atom. The van der Waals surface area contributed by atoms with Crippen molar-refractivity contribution in [1.29, 1.82) is 0 Å². The fourth-order valence-corrected chi connectivity index (χ4v) is 1.41. The molecule has 0 bridgehead atoms. The maximum atomic E-state index is 12.9. The lowest BCUT2D eigenvalue weighted by Gasteiger charge is -2.08. The molecule has 1 heterocycles. The Morgan fingerprint density at radius 1 is 1.50 bits per heavy atom. The third-order valence-electron chi connectivity index (χ3n) is 2.44. The third-order valence-corrected chi connectivity index (χ3v) is 2.44. The molecule has 1 aliphatic rings. The zero-order chi connectivity index (χ0) is 13.1. The van der Waals surface area contributed by atoms with E-state index in [9.17, 15) is 14.0 Å². The predicted molar refractivity (Wildman–Crippen MR) is 60.8 cm³/mol. The Labute approximate surface area is 102 Å². The monoisotopic (exact) mass is 253 g/mol. The largest absolute Gasteiger partial charge is 0.478 e. The van der Waals surface area contributed by atoms with Crippen molar-refractivity contribution in [1.82, 2.24) is 10.3 Å². The Bertz CT molecular complexity index is 488. The van der Waals surface area contributed by atoms with Crippen LogP contribution in [0, 0.1) is 5.82 Å². The van der Waals surface area contributed by atoms with Crippen LogP contribution in [-0.2, 0) is 4.79 Å². The van der Waals surface area contributed by atoms with Gasteiger partial charge in [0.15, 0.2) is 0 Å². The maximum Gasteiger partial charge on any atom is 0.339 e. The van der Waals surface area contributed by atoms with Crippen molar-refractivity contribution in [3.8, 4) is 0 Å². The molecule has 1 aliphatic carbocycles. The zero-order valence-electron chi connectivity index (χ0n) is 9.44. The van der Waals surface area contributed by atoms with Crippen LogP contribution in [0.2, 0.25) is 0 Å². The summed E-state index contributed by atoms with van der Waals surface area (Å²) in [7, 11) is 0. The third kappa shape index (κ3) is 3.16. The lowest BCUT2D eigenvalue weighted by molar-refractivity contribution is -0.119. The summed E-state index contributed by atoms with van der Waals surface area (Å²) in [5.41, 5.74) is -0.297. The molecule has 1 saturated carbocycles. The molecule has 96 valence electrons. The van der Waals surface area contributed by atoms with Gasteiger partial charge in [0.25, 0.3) is 0 Å². The van der Waals surface area contributed by atoms with Crippen LogP contribution >= 0.6 is 0 Å². The van der Waals surface area contributed by atoms with Gasteiger partial charge in [0.1, 0.15) is 17.2 Å². The first-order valence-corrected chi connectivity index (χ1v) is 5.48. The molecule has 0 unspecified atom stereocenters. The van der Waals surface area contributed by atoms with Gasteiger partial charge in [-0.1, -0.05) is 0 Å². The average Bonchev–Trinajstić information content (AvgIpc) is 3.11. The van der Waals surface area contributed by atoms with E-state index in [1.54, 1.807) is 0 Å². The van der Waals surface area contributed by atoms with Crippen molar-refractivity contribution in [3.63, 3.8) is 0 Å². The van der Waals surface area contributed by atoms with Gasteiger partial charge in [0, 0.05) is 6.04 Å². The number of halogens is 1. The molecule has 1 amide bonds. The smallest absolute Gasteiger partial charge is 0.339 e. The first kappa shape index (κ1) is 12.3. The van der Waals surface area contributed by atoms with E-state index in [1.165, 1.54) is 0 Å². The number of rotatable bonds is 5. The number of aromatic nitrogens is 1. The average molecular weight is 253 g/mol. The number of nitrogens with zero attached hydrogens (tertiary/aromatic N) is 1. The number of amides is 1. The van der Waals surface area contributed by atoms with E-state index < -0.39 is 11.8 Å². The number of aromatic carboxylic acids is 1. The minimum absolute atomic E-state index is 0.0187. The van der Waals surface area contributed by atoms with E-state index in [4.69, 9.17) is 5.11 Å². The Balaban J connectivity index is 1.99. The van der Waals surface area contributed by atoms with Crippen molar-refractivity contribution in [2.75, 3.05) is 11.9 Å². The van der Waals surface area contributed by atoms with E-state index in [2.05, 4.69) is 15.6 Å². The number of carbonyl (C=O) groups excluding carboxylic acids is 1. The lowest BCUT2D eigenvalue weighted by Crippen LogP contribution is -2.31. The lowest BCUT2D eigenvalue weighted by atomic mass is 10.2. The summed E-state index contributed by atoms with van der Waals surface area (Å²) in [5.74, 6) is -2.29. The van der Waals surface area contributed by atoms with Crippen LogP contribution in [0.1, 0.15) is 23.2 Å². The van der Waals surface area contributed by atoms with Crippen LogP contribution in [-0.4, -0.2) is 34.6 Å². The first-order chi connectivity index (χ1) is 8.56. The Kier molecular flexibility index (Phi) is 3.40. The van der Waals surface area contributed by atoms with Crippen LogP contribution in [0.25, 0.3) is 0 Å². The number of anilines is 1. The highest BCUT2D eigenvalue weighted by Crippen LogP contribution is 2.18. The molecule has 1 aromatic heterocycles. The molecular formula is C11H12FN3O3. The highest BCUT2D eigenvalue weighted by atomic mass is 19.1. The quantitative estimate of drug-likeness (QED) is 0.715. The number of hydrogen-bond acceptors (Lipinski definition) is 4. The van der Waals surface area contributed by atoms with Gasteiger partial charge in [0.05, 0.1) is 12.7 Å². The second-order valence-electron chi connectivity index (χ2n) is 4.05. The van der Waals surface area contributed by atoms with Crippen molar-refractivity contribution in [2.24, 2.45) is 0 Å². The summed E-state index contributed by atoms with van der Waals surface area (Å²) >= 11 is 0. The number of carbonyl (C=O) groups is 2.